The first-order valence-electron chi connectivity index (χ1n) is 5.73. The normalized spacial score (nSPS) is 37.9. The van der Waals surface area contributed by atoms with Crippen LogP contribution in [-0.2, 0) is 14.3 Å². The molecule has 3 fully saturated rings. The molecule has 3 saturated heterocycles. The van der Waals surface area contributed by atoms with Gasteiger partial charge in [0.05, 0.1) is 7.11 Å². The van der Waals surface area contributed by atoms with Crippen LogP contribution in [0.15, 0.2) is 12.2 Å². The molecule has 0 aromatic heterocycles. The Balaban J connectivity index is 2.06. The SMILES string of the molecule is COC(=O)C=CC12CCN(CC1)C(OC)C2. The lowest BCUT2D eigenvalue weighted by atomic mass is 9.71. The van der Waals surface area contributed by atoms with E-state index in [2.05, 4.69) is 9.64 Å². The fraction of sp³-hybridized carbons (Fsp3) is 0.750. The third kappa shape index (κ3) is 2.13. The zero-order valence-electron chi connectivity index (χ0n) is 9.94. The molecule has 4 heteroatoms. The van der Waals surface area contributed by atoms with E-state index >= 15 is 0 Å². The van der Waals surface area contributed by atoms with Gasteiger partial charge in [0.25, 0.3) is 0 Å². The summed E-state index contributed by atoms with van der Waals surface area (Å²) in [7, 11) is 3.16. The van der Waals surface area contributed by atoms with Crippen LogP contribution in [0.1, 0.15) is 19.3 Å². The van der Waals surface area contributed by atoms with E-state index in [1.807, 2.05) is 6.08 Å². The highest BCUT2D eigenvalue weighted by Gasteiger charge is 2.43. The van der Waals surface area contributed by atoms with Gasteiger partial charge in [-0.3, -0.25) is 4.90 Å². The van der Waals surface area contributed by atoms with Crippen molar-refractivity contribution < 1.29 is 14.3 Å². The van der Waals surface area contributed by atoms with Gasteiger partial charge in [-0.1, -0.05) is 6.08 Å². The molecule has 3 heterocycles. The maximum Gasteiger partial charge on any atom is 0.330 e. The molecule has 2 bridgehead atoms. The first-order chi connectivity index (χ1) is 7.69. The van der Waals surface area contributed by atoms with Crippen molar-refractivity contribution in [1.82, 2.24) is 4.90 Å². The van der Waals surface area contributed by atoms with Gasteiger partial charge in [0.15, 0.2) is 0 Å². The van der Waals surface area contributed by atoms with Gasteiger partial charge in [-0.25, -0.2) is 4.79 Å². The molecule has 0 saturated carbocycles. The number of piperidine rings is 3. The molecule has 1 unspecified atom stereocenters. The van der Waals surface area contributed by atoms with Crippen LogP contribution in [0.5, 0.6) is 0 Å². The summed E-state index contributed by atoms with van der Waals surface area (Å²) in [6.07, 6.45) is 7.01. The van der Waals surface area contributed by atoms with Gasteiger partial charge in [-0.15, -0.1) is 0 Å². The number of hydrogen-bond acceptors (Lipinski definition) is 4. The molecule has 3 aliphatic rings. The Labute approximate surface area is 96.2 Å². The number of ether oxygens (including phenoxy) is 2. The third-order valence-electron chi connectivity index (χ3n) is 3.83. The molecule has 16 heavy (non-hydrogen) atoms. The molecule has 3 rings (SSSR count). The molecule has 3 aliphatic heterocycles. The number of esters is 1. The van der Waals surface area contributed by atoms with Crippen molar-refractivity contribution in [3.05, 3.63) is 12.2 Å². The predicted molar refractivity (Wildman–Crippen MR) is 59.8 cm³/mol. The van der Waals surface area contributed by atoms with E-state index in [4.69, 9.17) is 4.74 Å². The summed E-state index contributed by atoms with van der Waals surface area (Å²) in [6.45, 7) is 2.12. The highest BCUT2D eigenvalue weighted by molar-refractivity contribution is 5.81. The second kappa shape index (κ2) is 4.55. The number of hydrogen-bond donors (Lipinski definition) is 0. The van der Waals surface area contributed by atoms with E-state index in [0.29, 0.717) is 0 Å². The average molecular weight is 225 g/mol. The summed E-state index contributed by atoms with van der Waals surface area (Å²) in [5.41, 5.74) is 0.142. The van der Waals surface area contributed by atoms with Gasteiger partial charge in [-0.2, -0.15) is 0 Å². The summed E-state index contributed by atoms with van der Waals surface area (Å²) < 4.78 is 10.1. The van der Waals surface area contributed by atoms with Crippen LogP contribution in [0, 0.1) is 5.41 Å². The van der Waals surface area contributed by atoms with E-state index in [1.165, 1.54) is 7.11 Å². The number of fused-ring (bicyclic) bond motifs is 3. The molecule has 0 amide bonds. The summed E-state index contributed by atoms with van der Waals surface area (Å²) in [4.78, 5) is 13.5. The summed E-state index contributed by atoms with van der Waals surface area (Å²) >= 11 is 0. The van der Waals surface area contributed by atoms with Crippen molar-refractivity contribution >= 4 is 5.97 Å². The van der Waals surface area contributed by atoms with Gasteiger partial charge in [-0.05, 0) is 24.7 Å². The van der Waals surface area contributed by atoms with Crippen LogP contribution in [0.2, 0.25) is 0 Å². The van der Waals surface area contributed by atoms with Crippen molar-refractivity contribution in [3.8, 4) is 0 Å². The molecule has 1 atom stereocenters. The van der Waals surface area contributed by atoms with Crippen LogP contribution in [-0.4, -0.2) is 44.4 Å². The molecule has 0 radical (unpaired) electrons. The van der Waals surface area contributed by atoms with Crippen LogP contribution < -0.4 is 0 Å². The molecular weight excluding hydrogens is 206 g/mol. The van der Waals surface area contributed by atoms with Crippen molar-refractivity contribution in [3.63, 3.8) is 0 Å². The first-order valence-corrected chi connectivity index (χ1v) is 5.73. The van der Waals surface area contributed by atoms with Gasteiger partial charge in [0, 0.05) is 26.3 Å². The fourth-order valence-electron chi connectivity index (χ4n) is 2.72. The second-order valence-electron chi connectivity index (χ2n) is 4.65. The quantitative estimate of drug-likeness (QED) is 0.534. The van der Waals surface area contributed by atoms with Crippen molar-refractivity contribution in [2.24, 2.45) is 5.41 Å². The molecule has 0 aromatic rings. The lowest BCUT2D eigenvalue weighted by Crippen LogP contribution is -2.54. The smallest absolute Gasteiger partial charge is 0.330 e. The number of nitrogens with zero attached hydrogens (tertiary/aromatic N) is 1. The largest absolute Gasteiger partial charge is 0.466 e. The Hall–Kier alpha value is -0.870. The molecule has 0 spiro atoms. The number of carbonyl (C=O) groups is 1. The minimum Gasteiger partial charge on any atom is -0.466 e. The molecule has 0 aromatic carbocycles. The molecule has 0 aliphatic carbocycles. The van der Waals surface area contributed by atoms with E-state index in [9.17, 15) is 4.79 Å². The minimum absolute atomic E-state index is 0.142. The molecule has 0 N–H and O–H groups in total. The van der Waals surface area contributed by atoms with Gasteiger partial charge in [0.1, 0.15) is 6.23 Å². The van der Waals surface area contributed by atoms with Crippen LogP contribution in [0.25, 0.3) is 0 Å². The average Bonchev–Trinajstić information content (AvgIpc) is 2.37. The monoisotopic (exact) mass is 225 g/mol. The maximum atomic E-state index is 11.1. The number of allylic oxidation sites excluding steroid dienone is 1. The number of methoxy groups -OCH3 is 2. The fourth-order valence-corrected chi connectivity index (χ4v) is 2.72. The summed E-state index contributed by atoms with van der Waals surface area (Å²) in [6, 6.07) is 0. The maximum absolute atomic E-state index is 11.1. The first kappa shape index (κ1) is 11.6. The van der Waals surface area contributed by atoms with E-state index in [1.54, 1.807) is 13.2 Å². The Morgan fingerprint density at radius 1 is 1.38 bits per heavy atom. The lowest BCUT2D eigenvalue weighted by Gasteiger charge is -2.51. The van der Waals surface area contributed by atoms with Gasteiger partial charge in [0.2, 0.25) is 0 Å². The van der Waals surface area contributed by atoms with Gasteiger partial charge < -0.3 is 9.47 Å². The molecule has 4 nitrogen and oxygen atoms in total. The van der Waals surface area contributed by atoms with Crippen LogP contribution in [0.4, 0.5) is 0 Å². The van der Waals surface area contributed by atoms with E-state index < -0.39 is 0 Å². The topological polar surface area (TPSA) is 38.8 Å². The van der Waals surface area contributed by atoms with Gasteiger partial charge >= 0.3 is 5.97 Å². The minimum atomic E-state index is -0.267. The molecular formula is C12H19NO3. The number of rotatable bonds is 3. The standard InChI is InChI=1S/C12H19NO3/c1-15-10-9-12(4-3-11(14)16-2)5-7-13(10)8-6-12/h3-4,10H,5-9H2,1-2H3. The predicted octanol–water partition coefficient (Wildman–Crippen LogP) is 1.17. The number of carbonyl (C=O) groups excluding carboxylic acids is 1. The summed E-state index contributed by atoms with van der Waals surface area (Å²) in [5, 5.41) is 0. The van der Waals surface area contributed by atoms with Crippen molar-refractivity contribution in [1.29, 1.82) is 0 Å². The Morgan fingerprint density at radius 2 is 2.06 bits per heavy atom. The highest BCUT2D eigenvalue weighted by Crippen LogP contribution is 2.44. The zero-order valence-corrected chi connectivity index (χ0v) is 9.94. The highest BCUT2D eigenvalue weighted by atomic mass is 16.5. The third-order valence-corrected chi connectivity index (χ3v) is 3.83. The second-order valence-corrected chi connectivity index (χ2v) is 4.65. The van der Waals surface area contributed by atoms with Crippen LogP contribution in [0.3, 0.4) is 0 Å². The zero-order chi connectivity index (χ0) is 11.6. The van der Waals surface area contributed by atoms with E-state index in [0.717, 1.165) is 32.4 Å². The Kier molecular flexibility index (Phi) is 3.30. The Bertz CT molecular complexity index is 293. The van der Waals surface area contributed by atoms with Crippen LogP contribution >= 0.6 is 0 Å². The van der Waals surface area contributed by atoms with Crippen molar-refractivity contribution in [2.45, 2.75) is 25.5 Å². The Morgan fingerprint density at radius 3 is 2.62 bits per heavy atom. The van der Waals surface area contributed by atoms with Crippen molar-refractivity contribution in [2.75, 3.05) is 27.3 Å². The van der Waals surface area contributed by atoms with E-state index in [-0.39, 0.29) is 17.6 Å². The lowest BCUT2D eigenvalue weighted by molar-refractivity contribution is -0.135. The molecule has 90 valence electrons. The summed E-state index contributed by atoms with van der Waals surface area (Å²) in [5.74, 6) is -0.267.